The van der Waals surface area contributed by atoms with Crippen molar-refractivity contribution in [3.8, 4) is 5.75 Å². The van der Waals surface area contributed by atoms with Crippen LogP contribution in [0.4, 0.5) is 5.69 Å². The zero-order valence-corrected chi connectivity index (χ0v) is 14.6. The number of carbonyl (C=O) groups is 2. The highest BCUT2D eigenvalue weighted by molar-refractivity contribution is 7.80. The predicted molar refractivity (Wildman–Crippen MR) is 94.0 cm³/mol. The number of ether oxygens (including phenoxy) is 3. The molecule has 0 aromatic heterocycles. The smallest absolute Gasteiger partial charge is 0.306 e. The van der Waals surface area contributed by atoms with Crippen molar-refractivity contribution in [2.75, 3.05) is 32.2 Å². The first kappa shape index (κ1) is 19.9. The fourth-order valence-electron chi connectivity index (χ4n) is 1.71. The summed E-state index contributed by atoms with van der Waals surface area (Å²) in [4.78, 5) is 22.9. The minimum atomic E-state index is -0.410. The third-order valence-corrected chi connectivity index (χ3v) is 2.97. The second-order valence-corrected chi connectivity index (χ2v) is 5.08. The maximum absolute atomic E-state index is 11.7. The number of rotatable bonds is 9. The van der Waals surface area contributed by atoms with Crippen molar-refractivity contribution < 1.29 is 23.8 Å². The predicted octanol–water partition coefficient (Wildman–Crippen LogP) is 1.87. The Kier molecular flexibility index (Phi) is 9.40. The number of thiocarbonyl (C=S) groups is 1. The Morgan fingerprint density at radius 1 is 1.21 bits per heavy atom. The van der Waals surface area contributed by atoms with Crippen LogP contribution in [0.5, 0.6) is 5.75 Å². The molecular weight excluding hydrogens is 332 g/mol. The SMILES string of the molecule is CCOC(=O)CCC(=O)NC(=S)Nc1cccc(OCCOC)c1. The molecule has 2 N–H and O–H groups in total. The summed E-state index contributed by atoms with van der Waals surface area (Å²) in [5.74, 6) is -0.103. The van der Waals surface area contributed by atoms with Crippen molar-refractivity contribution in [2.45, 2.75) is 19.8 Å². The Hall–Kier alpha value is -2.19. The molecule has 0 bridgehead atoms. The summed E-state index contributed by atoms with van der Waals surface area (Å²) in [7, 11) is 1.60. The molecule has 0 unspecified atom stereocenters. The van der Waals surface area contributed by atoms with Gasteiger partial charge in [-0.1, -0.05) is 6.07 Å². The molecule has 1 aromatic carbocycles. The number of amides is 1. The summed E-state index contributed by atoms with van der Waals surface area (Å²) in [5, 5.41) is 5.55. The fourth-order valence-corrected chi connectivity index (χ4v) is 1.94. The van der Waals surface area contributed by atoms with Crippen LogP contribution in [-0.2, 0) is 19.1 Å². The molecule has 1 amide bonds. The topological polar surface area (TPSA) is 85.9 Å². The number of methoxy groups -OCH3 is 1. The normalized spacial score (nSPS) is 9.92. The summed E-state index contributed by atoms with van der Waals surface area (Å²) in [6.45, 7) is 2.94. The fraction of sp³-hybridized carbons (Fsp3) is 0.438. The second-order valence-electron chi connectivity index (χ2n) is 4.68. The molecule has 24 heavy (non-hydrogen) atoms. The van der Waals surface area contributed by atoms with Gasteiger partial charge < -0.3 is 24.8 Å². The number of hydrogen-bond donors (Lipinski definition) is 2. The van der Waals surface area contributed by atoms with Crippen molar-refractivity contribution in [2.24, 2.45) is 0 Å². The van der Waals surface area contributed by atoms with Crippen molar-refractivity contribution in [1.82, 2.24) is 5.32 Å². The van der Waals surface area contributed by atoms with E-state index in [0.29, 0.717) is 31.3 Å². The second kappa shape index (κ2) is 11.4. The first-order valence-corrected chi connectivity index (χ1v) is 7.94. The van der Waals surface area contributed by atoms with Gasteiger partial charge in [-0.05, 0) is 31.3 Å². The van der Waals surface area contributed by atoms with Gasteiger partial charge in [-0.2, -0.15) is 0 Å². The first-order valence-electron chi connectivity index (χ1n) is 7.53. The van der Waals surface area contributed by atoms with E-state index < -0.39 is 5.97 Å². The molecule has 0 spiro atoms. The van der Waals surface area contributed by atoms with E-state index in [2.05, 4.69) is 10.6 Å². The molecule has 1 aromatic rings. The van der Waals surface area contributed by atoms with E-state index >= 15 is 0 Å². The highest BCUT2D eigenvalue weighted by Gasteiger charge is 2.09. The average Bonchev–Trinajstić information content (AvgIpc) is 2.54. The Balaban J connectivity index is 2.40. The van der Waals surface area contributed by atoms with Crippen LogP contribution in [0.25, 0.3) is 0 Å². The van der Waals surface area contributed by atoms with Gasteiger partial charge in [0.25, 0.3) is 0 Å². The third-order valence-electron chi connectivity index (χ3n) is 2.76. The van der Waals surface area contributed by atoms with E-state index in [1.165, 1.54) is 0 Å². The van der Waals surface area contributed by atoms with Crippen LogP contribution < -0.4 is 15.4 Å². The van der Waals surface area contributed by atoms with Gasteiger partial charge in [-0.15, -0.1) is 0 Å². The van der Waals surface area contributed by atoms with Crippen molar-refractivity contribution in [3.63, 3.8) is 0 Å². The van der Waals surface area contributed by atoms with Crippen molar-refractivity contribution in [3.05, 3.63) is 24.3 Å². The largest absolute Gasteiger partial charge is 0.491 e. The van der Waals surface area contributed by atoms with Crippen LogP contribution in [0.1, 0.15) is 19.8 Å². The summed E-state index contributed by atoms with van der Waals surface area (Å²) >= 11 is 5.07. The number of esters is 1. The quantitative estimate of drug-likeness (QED) is 0.398. The molecule has 0 fully saturated rings. The van der Waals surface area contributed by atoms with Gasteiger partial charge >= 0.3 is 5.97 Å². The lowest BCUT2D eigenvalue weighted by Crippen LogP contribution is -2.34. The van der Waals surface area contributed by atoms with E-state index in [1.807, 2.05) is 6.07 Å². The average molecular weight is 354 g/mol. The maximum atomic E-state index is 11.7. The molecule has 132 valence electrons. The zero-order valence-electron chi connectivity index (χ0n) is 13.8. The lowest BCUT2D eigenvalue weighted by molar-refractivity contribution is -0.144. The number of benzene rings is 1. The van der Waals surface area contributed by atoms with Gasteiger partial charge in [0.2, 0.25) is 5.91 Å². The van der Waals surface area contributed by atoms with Crippen LogP contribution in [0.2, 0.25) is 0 Å². The highest BCUT2D eigenvalue weighted by Crippen LogP contribution is 2.17. The molecule has 0 aliphatic rings. The number of anilines is 1. The van der Waals surface area contributed by atoms with E-state index in [9.17, 15) is 9.59 Å². The van der Waals surface area contributed by atoms with E-state index in [0.717, 1.165) is 0 Å². The number of carbonyl (C=O) groups excluding carboxylic acids is 2. The molecule has 1 rings (SSSR count). The van der Waals surface area contributed by atoms with Crippen LogP contribution >= 0.6 is 12.2 Å². The third kappa shape index (κ3) is 8.44. The van der Waals surface area contributed by atoms with Crippen LogP contribution in [-0.4, -0.2) is 43.9 Å². The van der Waals surface area contributed by atoms with Crippen LogP contribution in [0.15, 0.2) is 24.3 Å². The minimum absolute atomic E-state index is 0.0147. The number of hydrogen-bond acceptors (Lipinski definition) is 6. The molecule has 0 saturated carbocycles. The van der Waals surface area contributed by atoms with Crippen molar-refractivity contribution >= 4 is 34.9 Å². The molecule has 7 nitrogen and oxygen atoms in total. The monoisotopic (exact) mass is 354 g/mol. The molecule has 0 atom stereocenters. The first-order chi connectivity index (χ1) is 11.5. The molecular formula is C16H22N2O5S. The van der Waals surface area contributed by atoms with Gasteiger partial charge in [0.1, 0.15) is 12.4 Å². The molecule has 8 heteroatoms. The van der Waals surface area contributed by atoms with Gasteiger partial charge in [0.15, 0.2) is 5.11 Å². The maximum Gasteiger partial charge on any atom is 0.306 e. The Morgan fingerprint density at radius 3 is 2.71 bits per heavy atom. The summed E-state index contributed by atoms with van der Waals surface area (Å²) in [5.41, 5.74) is 0.681. The molecule has 0 radical (unpaired) electrons. The van der Waals surface area contributed by atoms with Crippen molar-refractivity contribution in [1.29, 1.82) is 0 Å². The zero-order chi connectivity index (χ0) is 17.8. The van der Waals surface area contributed by atoms with Crippen LogP contribution in [0.3, 0.4) is 0 Å². The standard InChI is InChI=1S/C16H22N2O5S/c1-3-22-15(20)8-7-14(19)18-16(24)17-12-5-4-6-13(11-12)23-10-9-21-2/h4-6,11H,3,7-10H2,1-2H3,(H2,17,18,19,24). The Labute approximate surface area is 146 Å². The molecule has 0 heterocycles. The lowest BCUT2D eigenvalue weighted by Gasteiger charge is -2.11. The Morgan fingerprint density at radius 2 is 2.00 bits per heavy atom. The van der Waals surface area contributed by atoms with Gasteiger partial charge in [-0.3, -0.25) is 9.59 Å². The Bertz CT molecular complexity index is 565. The minimum Gasteiger partial charge on any atom is -0.491 e. The van der Waals surface area contributed by atoms with E-state index in [4.69, 9.17) is 26.4 Å². The summed E-state index contributed by atoms with van der Waals surface area (Å²) < 4.78 is 15.2. The van der Waals surface area contributed by atoms with Crippen LogP contribution in [0, 0.1) is 0 Å². The summed E-state index contributed by atoms with van der Waals surface area (Å²) in [6, 6.07) is 7.16. The lowest BCUT2D eigenvalue weighted by atomic mass is 10.3. The summed E-state index contributed by atoms with van der Waals surface area (Å²) in [6.07, 6.45) is 0.0337. The van der Waals surface area contributed by atoms with Gasteiger partial charge in [0, 0.05) is 25.3 Å². The van der Waals surface area contributed by atoms with E-state index in [1.54, 1.807) is 32.2 Å². The molecule has 0 aliphatic carbocycles. The molecule has 0 saturated heterocycles. The molecule has 0 aliphatic heterocycles. The highest BCUT2D eigenvalue weighted by atomic mass is 32.1. The van der Waals surface area contributed by atoms with Gasteiger partial charge in [0.05, 0.1) is 19.6 Å². The van der Waals surface area contributed by atoms with Gasteiger partial charge in [-0.25, -0.2) is 0 Å². The van der Waals surface area contributed by atoms with E-state index in [-0.39, 0.29) is 23.9 Å². The number of nitrogens with one attached hydrogen (secondary N) is 2.